The zero-order valence-electron chi connectivity index (χ0n) is 24.0. The normalized spacial score (nSPS) is 12.4. The lowest BCUT2D eigenvalue weighted by Gasteiger charge is -2.09. The largest absolute Gasteiger partial charge is 0.507 e. The van der Waals surface area contributed by atoms with Gasteiger partial charge in [0.15, 0.2) is 0 Å². The number of sulfone groups is 1. The molecule has 6 aromatic rings. The lowest BCUT2D eigenvalue weighted by atomic mass is 10.1. The van der Waals surface area contributed by atoms with Crippen LogP contribution in [0.4, 0.5) is 34.1 Å². The van der Waals surface area contributed by atoms with E-state index in [-0.39, 0.29) is 43.4 Å². The molecular weight excluding hydrogens is 645 g/mol. The number of hydrogen-bond acceptors (Lipinski definition) is 12. The summed E-state index contributed by atoms with van der Waals surface area (Å²) in [5.41, 5.74) is 13.8. The Labute approximate surface area is 267 Å². The summed E-state index contributed by atoms with van der Waals surface area (Å²) < 4.78 is 59.4. The van der Waals surface area contributed by atoms with Gasteiger partial charge in [0.05, 0.1) is 37.4 Å². The second-order valence-electron chi connectivity index (χ2n) is 10.3. The van der Waals surface area contributed by atoms with E-state index in [9.17, 15) is 31.6 Å². The van der Waals surface area contributed by atoms with Crippen LogP contribution in [0.15, 0.2) is 138 Å². The summed E-state index contributed by atoms with van der Waals surface area (Å²) in [6.45, 7) is 0. The lowest BCUT2D eigenvalue weighted by Crippen LogP contribution is -2.01. The number of phenolic OH excluding ortho intramolecular Hbond substituents is 2. The van der Waals surface area contributed by atoms with Crippen LogP contribution in [0.1, 0.15) is 0 Å². The highest BCUT2D eigenvalue weighted by Crippen LogP contribution is 2.39. The highest BCUT2D eigenvalue weighted by atomic mass is 32.2. The minimum Gasteiger partial charge on any atom is -0.507 e. The van der Waals surface area contributed by atoms with Gasteiger partial charge in [-0.15, -0.1) is 10.2 Å². The molecule has 0 heterocycles. The third kappa shape index (κ3) is 6.05. The number of rotatable bonds is 7. The molecule has 15 heteroatoms. The van der Waals surface area contributed by atoms with Gasteiger partial charge in [0.1, 0.15) is 11.5 Å². The van der Waals surface area contributed by atoms with Crippen LogP contribution < -0.4 is 11.5 Å². The Morgan fingerprint density at radius 3 is 1.51 bits per heavy atom. The maximum absolute atomic E-state index is 13.3. The van der Waals surface area contributed by atoms with Gasteiger partial charge in [-0.25, -0.2) is 8.42 Å². The van der Waals surface area contributed by atoms with Crippen molar-refractivity contribution < 1.29 is 31.6 Å². The first-order chi connectivity index (χ1) is 22.3. The van der Waals surface area contributed by atoms with E-state index in [1.165, 1.54) is 66.7 Å². The van der Waals surface area contributed by atoms with Crippen molar-refractivity contribution in [2.24, 2.45) is 20.5 Å². The second-order valence-corrected chi connectivity index (χ2v) is 13.7. The maximum Gasteiger partial charge on any atom is 0.294 e. The first-order valence-corrected chi connectivity index (χ1v) is 16.6. The fourth-order valence-electron chi connectivity index (χ4n) is 4.91. The highest BCUT2D eigenvalue weighted by molar-refractivity contribution is 7.91. The van der Waals surface area contributed by atoms with Gasteiger partial charge < -0.3 is 21.7 Å². The summed E-state index contributed by atoms with van der Waals surface area (Å²) in [7, 11) is -8.54. The molecule has 0 radical (unpaired) electrons. The summed E-state index contributed by atoms with van der Waals surface area (Å²) >= 11 is 0. The van der Waals surface area contributed by atoms with Crippen LogP contribution in [0, 0.1) is 0 Å². The van der Waals surface area contributed by atoms with Crippen molar-refractivity contribution in [1.82, 2.24) is 0 Å². The molecule has 236 valence electrons. The molecule has 0 aliphatic carbocycles. The Morgan fingerprint density at radius 1 is 0.511 bits per heavy atom. The van der Waals surface area contributed by atoms with Crippen LogP contribution in [0.5, 0.6) is 11.5 Å². The number of benzene rings is 6. The lowest BCUT2D eigenvalue weighted by molar-refractivity contribution is 0.471. The standard InChI is InChI=1S/C32H24N6O7S2/c33-25-12-14-27(23-2-1-3-29(39)31(23)25)37-35-18-4-8-20(9-5-18)46(41,42)21-10-6-19(7-11-21)36-38-28-15-13-26(34)32-24(28)16-22(17-30(32)40)47(43,44)45/h1-17,39-40H,33-34H2,(H,43,44,45). The number of nitrogens with zero attached hydrogens (tertiary/aromatic N) is 4. The SMILES string of the molecule is Nc1ccc(N=Nc2ccc(S(=O)(=O)c3ccc(N=Nc4ccc(N)c5c(O)cc(S(=O)(=O)O)cc45)cc3)cc2)c2cccc(O)c12. The summed E-state index contributed by atoms with van der Waals surface area (Å²) in [5, 5.41) is 38.6. The summed E-state index contributed by atoms with van der Waals surface area (Å²) in [5.74, 6) is -0.442. The molecule has 0 aliphatic rings. The van der Waals surface area contributed by atoms with Gasteiger partial charge in [0.25, 0.3) is 10.1 Å². The summed E-state index contributed by atoms with van der Waals surface area (Å²) in [6, 6.07) is 24.6. The van der Waals surface area contributed by atoms with E-state index in [4.69, 9.17) is 11.5 Å². The van der Waals surface area contributed by atoms with Crippen molar-refractivity contribution in [2.75, 3.05) is 11.5 Å². The fraction of sp³-hybridized carbons (Fsp3) is 0. The van der Waals surface area contributed by atoms with Gasteiger partial charge in [-0.2, -0.15) is 18.6 Å². The van der Waals surface area contributed by atoms with Crippen molar-refractivity contribution in [3.63, 3.8) is 0 Å². The van der Waals surface area contributed by atoms with Crippen LogP contribution in [-0.4, -0.2) is 31.6 Å². The highest BCUT2D eigenvalue weighted by Gasteiger charge is 2.19. The predicted molar refractivity (Wildman–Crippen MR) is 177 cm³/mol. The first-order valence-electron chi connectivity index (χ1n) is 13.6. The minimum absolute atomic E-state index is 0.000343. The van der Waals surface area contributed by atoms with Crippen molar-refractivity contribution in [3.8, 4) is 11.5 Å². The number of anilines is 2. The Kier molecular flexibility index (Phi) is 7.80. The Hall–Kier alpha value is -5.90. The smallest absolute Gasteiger partial charge is 0.294 e. The average molecular weight is 669 g/mol. The van der Waals surface area contributed by atoms with E-state index >= 15 is 0 Å². The van der Waals surface area contributed by atoms with Gasteiger partial charge >= 0.3 is 0 Å². The zero-order chi connectivity index (χ0) is 33.5. The van der Waals surface area contributed by atoms with Gasteiger partial charge in [0, 0.05) is 39.0 Å². The maximum atomic E-state index is 13.3. The number of fused-ring (bicyclic) bond motifs is 2. The quantitative estimate of drug-likeness (QED) is 0.0643. The molecule has 0 saturated carbocycles. The average Bonchev–Trinajstić information content (AvgIpc) is 3.04. The van der Waals surface area contributed by atoms with Crippen LogP contribution in [-0.2, 0) is 20.0 Å². The van der Waals surface area contributed by atoms with Crippen LogP contribution >= 0.6 is 0 Å². The number of phenols is 2. The number of nitrogens with two attached hydrogens (primary N) is 2. The van der Waals surface area contributed by atoms with E-state index in [0.29, 0.717) is 27.8 Å². The Morgan fingerprint density at radius 2 is 1.00 bits per heavy atom. The second kappa shape index (κ2) is 11.8. The number of azo groups is 2. The number of aromatic hydroxyl groups is 2. The number of hydrogen-bond donors (Lipinski definition) is 5. The molecule has 6 aromatic carbocycles. The van der Waals surface area contributed by atoms with Crippen LogP contribution in [0.2, 0.25) is 0 Å². The minimum atomic E-state index is -4.63. The van der Waals surface area contributed by atoms with Crippen molar-refractivity contribution in [2.45, 2.75) is 14.7 Å². The van der Waals surface area contributed by atoms with E-state index in [1.54, 1.807) is 24.3 Å². The molecule has 0 atom stereocenters. The van der Waals surface area contributed by atoms with Crippen LogP contribution in [0.3, 0.4) is 0 Å². The van der Waals surface area contributed by atoms with Gasteiger partial charge in [-0.1, -0.05) is 12.1 Å². The van der Waals surface area contributed by atoms with Gasteiger partial charge in [-0.05, 0) is 84.9 Å². The topological polar surface area (TPSA) is 230 Å². The molecule has 47 heavy (non-hydrogen) atoms. The Bertz CT molecular complexity index is 2480. The summed E-state index contributed by atoms with van der Waals surface area (Å²) in [4.78, 5) is -0.525. The molecule has 6 rings (SSSR count). The molecule has 7 N–H and O–H groups in total. The molecule has 0 aromatic heterocycles. The number of nitrogen functional groups attached to an aromatic ring is 2. The van der Waals surface area contributed by atoms with E-state index < -0.39 is 30.6 Å². The van der Waals surface area contributed by atoms with Crippen molar-refractivity contribution in [3.05, 3.63) is 103 Å². The third-order valence-electron chi connectivity index (χ3n) is 7.24. The summed E-state index contributed by atoms with van der Waals surface area (Å²) in [6.07, 6.45) is 0. The molecule has 0 amide bonds. The molecular formula is C32H24N6O7S2. The molecule has 0 spiro atoms. The van der Waals surface area contributed by atoms with Crippen molar-refractivity contribution in [1.29, 1.82) is 0 Å². The van der Waals surface area contributed by atoms with Crippen molar-refractivity contribution >= 4 is 75.6 Å². The molecule has 0 bridgehead atoms. The zero-order valence-corrected chi connectivity index (χ0v) is 25.7. The third-order valence-corrected chi connectivity index (χ3v) is 9.86. The van der Waals surface area contributed by atoms with Crippen LogP contribution in [0.25, 0.3) is 21.5 Å². The first kappa shape index (κ1) is 31.1. The molecule has 0 saturated heterocycles. The predicted octanol–water partition coefficient (Wildman–Crippen LogP) is 7.48. The molecule has 0 unspecified atom stereocenters. The van der Waals surface area contributed by atoms with Gasteiger partial charge in [-0.3, -0.25) is 4.55 Å². The van der Waals surface area contributed by atoms with E-state index in [1.807, 2.05) is 0 Å². The Balaban J connectivity index is 1.22. The molecule has 13 nitrogen and oxygen atoms in total. The fourth-order valence-corrected chi connectivity index (χ4v) is 6.70. The molecule has 0 aliphatic heterocycles. The van der Waals surface area contributed by atoms with E-state index in [0.717, 1.165) is 12.1 Å². The van der Waals surface area contributed by atoms with Gasteiger partial charge in [0.2, 0.25) is 9.84 Å². The van der Waals surface area contributed by atoms with E-state index in [2.05, 4.69) is 20.5 Å². The monoisotopic (exact) mass is 668 g/mol. The molecule has 0 fully saturated rings.